The molecule has 1 amide bonds. The molecule has 2 fully saturated rings. The molecule has 2 rings (SSSR count). The van der Waals surface area contributed by atoms with Crippen LogP contribution in [0.2, 0.25) is 0 Å². The molecule has 2 aliphatic rings. The van der Waals surface area contributed by atoms with Gasteiger partial charge < -0.3 is 20.5 Å². The Morgan fingerprint density at radius 3 is 3.00 bits per heavy atom. The fraction of sp³-hybridized carbons (Fsp3) is 0.923. The molecule has 1 aliphatic carbocycles. The lowest BCUT2D eigenvalue weighted by atomic mass is 9.80. The molecule has 0 radical (unpaired) electrons. The van der Waals surface area contributed by atoms with Gasteiger partial charge in [0, 0.05) is 12.5 Å². The molecule has 0 aromatic rings. The van der Waals surface area contributed by atoms with E-state index in [1.165, 1.54) is 0 Å². The van der Waals surface area contributed by atoms with Gasteiger partial charge in [0.25, 0.3) is 0 Å². The maximum absolute atomic E-state index is 12.5. The fourth-order valence-corrected chi connectivity index (χ4v) is 3.06. The molecule has 18 heavy (non-hydrogen) atoms. The number of ether oxygens (including phenoxy) is 1. The summed E-state index contributed by atoms with van der Waals surface area (Å²) in [5.74, 6) is 0.774. The highest BCUT2D eigenvalue weighted by molar-refractivity contribution is 5.79. The summed E-state index contributed by atoms with van der Waals surface area (Å²) in [4.78, 5) is 14.3. The lowest BCUT2D eigenvalue weighted by Crippen LogP contribution is -2.52. The Balaban J connectivity index is 1.96. The number of carbonyl (C=O) groups is 1. The third-order valence-electron chi connectivity index (χ3n) is 4.19. The molecular formula is C13H24N2O3. The molecular weight excluding hydrogens is 232 g/mol. The Labute approximate surface area is 108 Å². The first kappa shape index (κ1) is 13.8. The van der Waals surface area contributed by atoms with Crippen molar-refractivity contribution in [1.82, 2.24) is 4.90 Å². The van der Waals surface area contributed by atoms with E-state index in [0.29, 0.717) is 32.2 Å². The Bertz CT molecular complexity index is 285. The van der Waals surface area contributed by atoms with Gasteiger partial charge in [-0.2, -0.15) is 0 Å². The van der Waals surface area contributed by atoms with Crippen molar-refractivity contribution < 1.29 is 14.6 Å². The fourth-order valence-electron chi connectivity index (χ4n) is 3.06. The van der Waals surface area contributed by atoms with Gasteiger partial charge in [0.2, 0.25) is 5.91 Å². The van der Waals surface area contributed by atoms with Gasteiger partial charge in [0.15, 0.2) is 0 Å². The van der Waals surface area contributed by atoms with Crippen molar-refractivity contribution in [2.75, 3.05) is 32.9 Å². The summed E-state index contributed by atoms with van der Waals surface area (Å²) in [5, 5.41) is 9.31. The predicted octanol–water partition coefficient (Wildman–Crippen LogP) is -0.0288. The largest absolute Gasteiger partial charge is 0.394 e. The van der Waals surface area contributed by atoms with E-state index in [1.807, 2.05) is 4.90 Å². The molecule has 0 aromatic heterocycles. The molecule has 3 atom stereocenters. The van der Waals surface area contributed by atoms with Crippen LogP contribution in [0.4, 0.5) is 0 Å². The highest BCUT2D eigenvalue weighted by Crippen LogP contribution is 2.30. The molecule has 104 valence electrons. The number of nitrogens with two attached hydrogens (primary N) is 1. The number of amides is 1. The van der Waals surface area contributed by atoms with Gasteiger partial charge in [0.1, 0.15) is 0 Å². The Kier molecular flexibility index (Phi) is 4.97. The highest BCUT2D eigenvalue weighted by Gasteiger charge is 2.34. The van der Waals surface area contributed by atoms with Gasteiger partial charge in [-0.1, -0.05) is 6.42 Å². The van der Waals surface area contributed by atoms with E-state index < -0.39 is 0 Å². The minimum absolute atomic E-state index is 0.0151. The summed E-state index contributed by atoms with van der Waals surface area (Å²) in [6.07, 6.45) is 4.11. The summed E-state index contributed by atoms with van der Waals surface area (Å²) in [6.45, 7) is 2.30. The molecule has 5 heteroatoms. The standard InChI is InChI=1S/C13H24N2O3/c14-7-10-2-1-3-11(6-10)13(17)15-4-5-18-9-12(15)8-16/h10-12,16H,1-9,14H2. The number of hydrogen-bond donors (Lipinski definition) is 2. The molecule has 1 saturated carbocycles. The van der Waals surface area contributed by atoms with Crippen LogP contribution in [0, 0.1) is 11.8 Å². The lowest BCUT2D eigenvalue weighted by molar-refractivity contribution is -0.147. The zero-order valence-corrected chi connectivity index (χ0v) is 10.9. The minimum Gasteiger partial charge on any atom is -0.394 e. The van der Waals surface area contributed by atoms with E-state index >= 15 is 0 Å². The number of carbonyl (C=O) groups excluding carboxylic acids is 1. The van der Waals surface area contributed by atoms with Crippen molar-refractivity contribution in [1.29, 1.82) is 0 Å². The number of rotatable bonds is 3. The van der Waals surface area contributed by atoms with Crippen LogP contribution in [-0.4, -0.2) is 54.9 Å². The molecule has 0 aromatic carbocycles. The van der Waals surface area contributed by atoms with Crippen LogP contribution < -0.4 is 5.73 Å². The molecule has 1 saturated heterocycles. The predicted molar refractivity (Wildman–Crippen MR) is 67.9 cm³/mol. The van der Waals surface area contributed by atoms with Crippen LogP contribution >= 0.6 is 0 Å². The van der Waals surface area contributed by atoms with Gasteiger partial charge in [-0.15, -0.1) is 0 Å². The first-order valence-corrected chi connectivity index (χ1v) is 6.95. The monoisotopic (exact) mass is 256 g/mol. The van der Waals surface area contributed by atoms with Crippen molar-refractivity contribution in [3.63, 3.8) is 0 Å². The third-order valence-corrected chi connectivity index (χ3v) is 4.19. The van der Waals surface area contributed by atoms with E-state index in [-0.39, 0.29) is 24.5 Å². The van der Waals surface area contributed by atoms with Crippen LogP contribution in [0.5, 0.6) is 0 Å². The summed E-state index contributed by atoms with van der Waals surface area (Å²) >= 11 is 0. The second-order valence-corrected chi connectivity index (χ2v) is 5.41. The second kappa shape index (κ2) is 6.50. The van der Waals surface area contributed by atoms with Gasteiger partial charge in [-0.3, -0.25) is 4.79 Å². The molecule has 1 aliphatic heterocycles. The molecule has 0 spiro atoms. The Morgan fingerprint density at radius 1 is 1.44 bits per heavy atom. The maximum atomic E-state index is 12.5. The Hall–Kier alpha value is -0.650. The number of aliphatic hydroxyl groups is 1. The second-order valence-electron chi connectivity index (χ2n) is 5.41. The van der Waals surface area contributed by atoms with Crippen molar-refractivity contribution in [3.05, 3.63) is 0 Å². The molecule has 3 N–H and O–H groups in total. The average Bonchev–Trinajstić information content (AvgIpc) is 2.46. The first-order valence-electron chi connectivity index (χ1n) is 6.95. The lowest BCUT2D eigenvalue weighted by Gasteiger charge is -2.38. The quantitative estimate of drug-likeness (QED) is 0.743. The van der Waals surface area contributed by atoms with Crippen LogP contribution in [-0.2, 0) is 9.53 Å². The third kappa shape index (κ3) is 3.02. The van der Waals surface area contributed by atoms with E-state index in [1.54, 1.807) is 0 Å². The molecule has 0 bridgehead atoms. The normalized spacial score (nSPS) is 33.4. The summed E-state index contributed by atoms with van der Waals surface area (Å²) in [6, 6.07) is -0.162. The van der Waals surface area contributed by atoms with Crippen molar-refractivity contribution in [2.24, 2.45) is 17.6 Å². The van der Waals surface area contributed by atoms with E-state index in [2.05, 4.69) is 0 Å². The number of morpholine rings is 1. The van der Waals surface area contributed by atoms with Crippen LogP contribution in [0.15, 0.2) is 0 Å². The summed E-state index contributed by atoms with van der Waals surface area (Å²) < 4.78 is 5.31. The SMILES string of the molecule is NCC1CCCC(C(=O)N2CCOCC2CO)C1. The van der Waals surface area contributed by atoms with Crippen LogP contribution in [0.1, 0.15) is 25.7 Å². The molecule has 1 heterocycles. The molecule has 5 nitrogen and oxygen atoms in total. The number of hydrogen-bond acceptors (Lipinski definition) is 4. The van der Waals surface area contributed by atoms with Crippen molar-refractivity contribution in [2.45, 2.75) is 31.7 Å². The topological polar surface area (TPSA) is 75.8 Å². The van der Waals surface area contributed by atoms with Crippen molar-refractivity contribution in [3.8, 4) is 0 Å². The van der Waals surface area contributed by atoms with Crippen LogP contribution in [0.25, 0.3) is 0 Å². The van der Waals surface area contributed by atoms with Gasteiger partial charge >= 0.3 is 0 Å². The smallest absolute Gasteiger partial charge is 0.226 e. The zero-order chi connectivity index (χ0) is 13.0. The van der Waals surface area contributed by atoms with Crippen molar-refractivity contribution >= 4 is 5.91 Å². The summed E-state index contributed by atoms with van der Waals surface area (Å²) in [7, 11) is 0. The van der Waals surface area contributed by atoms with E-state index in [4.69, 9.17) is 10.5 Å². The number of aliphatic hydroxyl groups excluding tert-OH is 1. The van der Waals surface area contributed by atoms with E-state index in [0.717, 1.165) is 25.7 Å². The minimum atomic E-state index is -0.162. The van der Waals surface area contributed by atoms with Gasteiger partial charge in [0.05, 0.1) is 25.9 Å². The van der Waals surface area contributed by atoms with E-state index in [9.17, 15) is 9.90 Å². The van der Waals surface area contributed by atoms with Crippen LogP contribution in [0.3, 0.4) is 0 Å². The Morgan fingerprint density at radius 2 is 2.28 bits per heavy atom. The maximum Gasteiger partial charge on any atom is 0.226 e. The molecule has 3 unspecified atom stereocenters. The summed E-state index contributed by atoms with van der Waals surface area (Å²) in [5.41, 5.74) is 5.71. The highest BCUT2D eigenvalue weighted by atomic mass is 16.5. The first-order chi connectivity index (χ1) is 8.76. The van der Waals surface area contributed by atoms with Gasteiger partial charge in [-0.25, -0.2) is 0 Å². The van der Waals surface area contributed by atoms with Gasteiger partial charge in [-0.05, 0) is 31.7 Å². The zero-order valence-electron chi connectivity index (χ0n) is 10.9. The average molecular weight is 256 g/mol. The number of nitrogens with zero attached hydrogens (tertiary/aromatic N) is 1.